The molecule has 17 heteroatoms. The van der Waals surface area contributed by atoms with Gasteiger partial charge in [0.05, 0.1) is 36.6 Å². The third-order valence-electron chi connectivity index (χ3n) is 11.6. The predicted octanol–water partition coefficient (Wildman–Crippen LogP) is 2.79. The standard InChI is InChI=1S/C41H70N7O9P/c1-11-28(4)37(46(8)40(53)36(27(2)3)44-41(45(6)7)47-22-19-42-20-23-47)32(56-9)25-34(49)48-21-15-18-31(48)38(57-10)29(5)39(52)43-33(58(54,55)26-35(50)51)24-30-16-13-12-14-17-30/h12-14,16-17,27-29,31-33,36-38,42H,11,15,18-26H2,1-10H3,(H,43,52)(H,50,51)(H,54,55)/t28-,29+,31?,32+,33+,36?,37-,38+/m0/s1. The highest BCUT2D eigenvalue weighted by atomic mass is 31.2. The Morgan fingerprint density at radius 3 is 2.19 bits per heavy atom. The van der Waals surface area contributed by atoms with Crippen LogP contribution in [0.3, 0.4) is 0 Å². The Bertz CT molecular complexity index is 1580. The number of aliphatic carboxylic acids is 1. The maximum absolute atomic E-state index is 14.5. The molecule has 3 rings (SSSR count). The van der Waals surface area contributed by atoms with Gasteiger partial charge in [0.2, 0.25) is 25.1 Å². The summed E-state index contributed by atoms with van der Waals surface area (Å²) >= 11 is 0. The number of nitrogens with one attached hydrogen (secondary N) is 2. The maximum Gasteiger partial charge on any atom is 0.313 e. The van der Waals surface area contributed by atoms with Gasteiger partial charge in [0.1, 0.15) is 18.0 Å². The Hall–Kier alpha value is -3.56. The number of guanidine groups is 1. The van der Waals surface area contributed by atoms with Crippen LogP contribution in [0.15, 0.2) is 35.3 Å². The number of piperazine rings is 1. The number of nitrogens with zero attached hydrogens (tertiary/aromatic N) is 5. The number of hydrogen-bond donors (Lipinski definition) is 4. The third kappa shape index (κ3) is 13.0. The third-order valence-corrected chi connectivity index (χ3v) is 13.6. The molecule has 0 aliphatic carbocycles. The summed E-state index contributed by atoms with van der Waals surface area (Å²) in [6.07, 6.45) is -0.519. The van der Waals surface area contributed by atoms with Crippen LogP contribution in [0.2, 0.25) is 0 Å². The van der Waals surface area contributed by atoms with E-state index in [1.807, 2.05) is 39.8 Å². The van der Waals surface area contributed by atoms with Gasteiger partial charge in [-0.05, 0) is 30.2 Å². The van der Waals surface area contributed by atoms with Gasteiger partial charge >= 0.3 is 5.97 Å². The summed E-state index contributed by atoms with van der Waals surface area (Å²) in [6, 6.07) is 7.18. The topological polar surface area (TPSA) is 194 Å². The lowest BCUT2D eigenvalue weighted by Gasteiger charge is -2.40. The Labute approximate surface area is 345 Å². The van der Waals surface area contributed by atoms with E-state index < -0.39 is 67.4 Å². The van der Waals surface area contributed by atoms with Gasteiger partial charge < -0.3 is 49.7 Å². The summed E-state index contributed by atoms with van der Waals surface area (Å²) in [5.41, 5.74) is 0.660. The number of rotatable bonds is 20. The van der Waals surface area contributed by atoms with Crippen LogP contribution >= 0.6 is 7.37 Å². The fourth-order valence-electron chi connectivity index (χ4n) is 8.20. The molecule has 2 saturated heterocycles. The molecule has 2 heterocycles. The molecule has 58 heavy (non-hydrogen) atoms. The molecule has 0 bridgehead atoms. The highest BCUT2D eigenvalue weighted by Gasteiger charge is 2.44. The molecule has 1 aromatic carbocycles. The van der Waals surface area contributed by atoms with Crippen LogP contribution in [0.5, 0.6) is 0 Å². The number of carboxylic acids is 1. The molecule has 2 fully saturated rings. The number of likely N-dealkylation sites (tertiary alicyclic amines) is 1. The number of ether oxygens (including phenoxy) is 2. The molecular formula is C41H70N7O9P. The van der Waals surface area contributed by atoms with Crippen LogP contribution in [-0.4, -0.2) is 170 Å². The average molecular weight is 836 g/mol. The Balaban J connectivity index is 1.84. The van der Waals surface area contributed by atoms with Crippen molar-refractivity contribution in [2.24, 2.45) is 22.7 Å². The first kappa shape index (κ1) is 48.8. The van der Waals surface area contributed by atoms with Crippen molar-refractivity contribution in [1.29, 1.82) is 0 Å². The molecule has 3 unspecified atom stereocenters. The van der Waals surface area contributed by atoms with Crippen LogP contribution in [0.4, 0.5) is 0 Å². The molecule has 0 aromatic heterocycles. The van der Waals surface area contributed by atoms with Crippen LogP contribution in [-0.2, 0) is 39.6 Å². The van der Waals surface area contributed by atoms with Gasteiger partial charge in [0.25, 0.3) is 0 Å². The number of carbonyl (C=O) groups is 4. The number of carboxylic acid groups (broad SMARTS) is 1. The first-order chi connectivity index (χ1) is 27.4. The fraction of sp³-hybridized carbons (Fsp3) is 0.732. The lowest BCUT2D eigenvalue weighted by Crippen LogP contribution is -2.55. The summed E-state index contributed by atoms with van der Waals surface area (Å²) in [4.78, 5) is 77.6. The van der Waals surface area contributed by atoms with E-state index >= 15 is 0 Å². The number of benzene rings is 1. The minimum absolute atomic E-state index is 0.0159. The maximum atomic E-state index is 14.5. The fourth-order valence-corrected chi connectivity index (χ4v) is 9.64. The van der Waals surface area contributed by atoms with Gasteiger partial charge in [0.15, 0.2) is 5.96 Å². The first-order valence-electron chi connectivity index (χ1n) is 20.6. The zero-order chi connectivity index (χ0) is 43.3. The van der Waals surface area contributed by atoms with Crippen molar-refractivity contribution in [3.63, 3.8) is 0 Å². The largest absolute Gasteiger partial charge is 0.481 e. The first-order valence-corrected chi connectivity index (χ1v) is 22.5. The number of carbonyl (C=O) groups excluding carboxylic acids is 3. The van der Waals surface area contributed by atoms with Crippen molar-refractivity contribution >= 4 is 37.0 Å². The van der Waals surface area contributed by atoms with Crippen molar-refractivity contribution < 1.29 is 43.2 Å². The van der Waals surface area contributed by atoms with E-state index in [0.29, 0.717) is 24.9 Å². The van der Waals surface area contributed by atoms with Gasteiger partial charge in [-0.3, -0.25) is 23.7 Å². The molecule has 9 atom stereocenters. The molecule has 328 valence electrons. The molecule has 16 nitrogen and oxygen atoms in total. The highest BCUT2D eigenvalue weighted by molar-refractivity contribution is 7.59. The molecular weight excluding hydrogens is 765 g/mol. The number of aliphatic imine (C=N–C) groups is 1. The quantitative estimate of drug-likeness (QED) is 0.0855. The van der Waals surface area contributed by atoms with E-state index in [9.17, 15) is 33.7 Å². The summed E-state index contributed by atoms with van der Waals surface area (Å²) in [7, 11) is 4.28. The van der Waals surface area contributed by atoms with E-state index in [-0.39, 0.29) is 36.5 Å². The smallest absolute Gasteiger partial charge is 0.313 e. The summed E-state index contributed by atoms with van der Waals surface area (Å²) in [6.45, 7) is 13.4. The molecule has 4 N–H and O–H groups in total. The molecule has 2 aliphatic rings. The van der Waals surface area contributed by atoms with Gasteiger partial charge in [-0.25, -0.2) is 4.99 Å². The minimum atomic E-state index is -4.39. The second kappa shape index (κ2) is 22.7. The monoisotopic (exact) mass is 835 g/mol. The van der Waals surface area contributed by atoms with Gasteiger partial charge in [-0.2, -0.15) is 0 Å². The molecule has 0 spiro atoms. The van der Waals surface area contributed by atoms with Crippen molar-refractivity contribution in [2.75, 3.05) is 74.2 Å². The molecule has 0 radical (unpaired) electrons. The van der Waals surface area contributed by atoms with E-state index in [0.717, 1.165) is 38.6 Å². The Morgan fingerprint density at radius 1 is 1.02 bits per heavy atom. The lowest BCUT2D eigenvalue weighted by atomic mass is 9.89. The molecule has 0 saturated carbocycles. The molecule has 2 aliphatic heterocycles. The average Bonchev–Trinajstić information content (AvgIpc) is 3.67. The molecule has 3 amide bonds. The van der Waals surface area contributed by atoms with Crippen LogP contribution in [0.25, 0.3) is 0 Å². The van der Waals surface area contributed by atoms with Crippen LogP contribution < -0.4 is 10.6 Å². The van der Waals surface area contributed by atoms with Crippen molar-refractivity contribution in [3.8, 4) is 0 Å². The summed E-state index contributed by atoms with van der Waals surface area (Å²) in [5.74, 6) is -3.97. The van der Waals surface area contributed by atoms with E-state index in [2.05, 4.69) is 22.5 Å². The van der Waals surface area contributed by atoms with E-state index in [1.54, 1.807) is 61.2 Å². The Kier molecular flexibility index (Phi) is 19.1. The molecule has 1 aromatic rings. The van der Waals surface area contributed by atoms with Gasteiger partial charge in [-0.15, -0.1) is 0 Å². The van der Waals surface area contributed by atoms with E-state index in [4.69, 9.17) is 14.5 Å². The number of likely N-dealkylation sites (N-methyl/N-ethyl adjacent to an activating group) is 1. The summed E-state index contributed by atoms with van der Waals surface area (Å²) < 4.78 is 25.3. The number of methoxy groups -OCH3 is 2. The van der Waals surface area contributed by atoms with Crippen LogP contribution in [0, 0.1) is 17.8 Å². The van der Waals surface area contributed by atoms with Crippen molar-refractivity contribution in [1.82, 2.24) is 30.2 Å². The Morgan fingerprint density at radius 2 is 1.66 bits per heavy atom. The predicted molar refractivity (Wildman–Crippen MR) is 225 cm³/mol. The second-order valence-electron chi connectivity index (χ2n) is 16.4. The number of hydrogen-bond acceptors (Lipinski definition) is 9. The zero-order valence-corrected chi connectivity index (χ0v) is 37.2. The summed E-state index contributed by atoms with van der Waals surface area (Å²) in [5, 5.41) is 15.4. The lowest BCUT2D eigenvalue weighted by molar-refractivity contribution is -0.146. The minimum Gasteiger partial charge on any atom is -0.481 e. The normalized spacial score (nSPS) is 21.0. The van der Waals surface area contributed by atoms with E-state index in [1.165, 1.54) is 7.11 Å². The van der Waals surface area contributed by atoms with Gasteiger partial charge in [0, 0.05) is 74.5 Å². The van der Waals surface area contributed by atoms with Crippen molar-refractivity contribution in [3.05, 3.63) is 35.9 Å². The second-order valence-corrected chi connectivity index (χ2v) is 18.8. The number of amides is 3. The van der Waals surface area contributed by atoms with Gasteiger partial charge in [-0.1, -0.05) is 71.4 Å². The SMILES string of the molecule is CC[C@H](C)[C@@H]([C@@H](CC(=O)N1CCCC1[C@H](OC)[C@@H](C)C(=O)N[C@@H](Cc1ccccc1)P(=O)(O)CC(=O)O)OC)N(C)C(=O)C(N=C(N(C)C)N1CCNCC1)C(C)C. The highest BCUT2D eigenvalue weighted by Crippen LogP contribution is 2.46. The zero-order valence-electron chi connectivity index (χ0n) is 36.3. The van der Waals surface area contributed by atoms with Crippen molar-refractivity contribution in [2.45, 2.75) is 103 Å². The van der Waals surface area contributed by atoms with Crippen LogP contribution in [0.1, 0.15) is 65.9 Å².